The predicted octanol–water partition coefficient (Wildman–Crippen LogP) is 5.89. The lowest BCUT2D eigenvalue weighted by molar-refractivity contribution is -0.146. The van der Waals surface area contributed by atoms with Gasteiger partial charge in [-0.1, -0.05) is 30.7 Å². The molecule has 4 rings (SSSR count). The first-order valence-corrected chi connectivity index (χ1v) is 12.2. The molecule has 0 saturated heterocycles. The van der Waals surface area contributed by atoms with Crippen LogP contribution < -0.4 is 9.47 Å². The molecule has 1 unspecified atom stereocenters. The van der Waals surface area contributed by atoms with Gasteiger partial charge in [0.25, 0.3) is 0 Å². The molecule has 0 aromatic heterocycles. The number of allylic oxidation sites excluding steroid dienone is 2. The zero-order valence-corrected chi connectivity index (χ0v) is 21.2. The summed E-state index contributed by atoms with van der Waals surface area (Å²) in [5.41, 5.74) is 3.66. The third-order valence-corrected chi connectivity index (χ3v) is 6.96. The molecule has 2 aromatic rings. The van der Waals surface area contributed by atoms with E-state index in [1.54, 1.807) is 26.4 Å². The van der Waals surface area contributed by atoms with Crippen LogP contribution in [0.1, 0.15) is 56.1 Å². The fourth-order valence-electron chi connectivity index (χ4n) is 5.05. The van der Waals surface area contributed by atoms with Gasteiger partial charge in [0.15, 0.2) is 5.78 Å². The first kappa shape index (κ1) is 25.0. The van der Waals surface area contributed by atoms with Gasteiger partial charge in [-0.15, -0.1) is 0 Å². The second kappa shape index (κ2) is 10.6. The number of methoxy groups -OCH3 is 2. The van der Waals surface area contributed by atoms with E-state index in [0.29, 0.717) is 64.9 Å². The number of Topliss-reactive ketones (excluding diaryl/α,β-unsaturated/α-hetero) is 1. The van der Waals surface area contributed by atoms with E-state index in [9.17, 15) is 9.59 Å². The SMILES string of the molecule is CCCOC(=O)C1C(C)=NC2=C(C(=O)C[C@H](c3ccc(Cl)cc3)C2)[C@H]1c1cc(OC)ccc1OC. The highest BCUT2D eigenvalue weighted by molar-refractivity contribution is 6.30. The third-order valence-electron chi connectivity index (χ3n) is 6.70. The van der Waals surface area contributed by atoms with Crippen molar-refractivity contribution < 1.29 is 23.8 Å². The van der Waals surface area contributed by atoms with E-state index >= 15 is 0 Å². The number of halogens is 1. The standard InChI is InChI=1S/C28H30ClNO5/c1-5-12-35-28(32)25-16(2)30-22-13-18(17-6-8-19(29)9-7-17)14-23(31)27(22)26(25)21-15-20(33-3)10-11-24(21)34-4/h6-11,15,18,25-26H,5,12-14H2,1-4H3/t18-,25?,26+/m1/s1. The van der Waals surface area contributed by atoms with Gasteiger partial charge in [-0.05, 0) is 61.6 Å². The second-order valence-corrected chi connectivity index (χ2v) is 9.36. The highest BCUT2D eigenvalue weighted by Crippen LogP contribution is 2.49. The van der Waals surface area contributed by atoms with Gasteiger partial charge in [-0.3, -0.25) is 14.6 Å². The summed E-state index contributed by atoms with van der Waals surface area (Å²) < 4.78 is 16.7. The largest absolute Gasteiger partial charge is 0.497 e. The Morgan fingerprint density at radius 1 is 1.09 bits per heavy atom. The van der Waals surface area contributed by atoms with Gasteiger partial charge in [-0.25, -0.2) is 0 Å². The number of rotatable bonds is 7. The lowest BCUT2D eigenvalue weighted by atomic mass is 9.69. The van der Waals surface area contributed by atoms with Crippen LogP contribution in [0.5, 0.6) is 11.5 Å². The lowest BCUT2D eigenvalue weighted by Crippen LogP contribution is -2.38. The summed E-state index contributed by atoms with van der Waals surface area (Å²) in [7, 11) is 3.16. The van der Waals surface area contributed by atoms with Crippen LogP contribution in [0.2, 0.25) is 5.02 Å². The summed E-state index contributed by atoms with van der Waals surface area (Å²) in [5.74, 6) is -0.517. The Bertz CT molecular complexity index is 1180. The van der Waals surface area contributed by atoms with Crippen molar-refractivity contribution >= 4 is 29.1 Å². The number of ether oxygens (including phenoxy) is 3. The van der Waals surface area contributed by atoms with Crippen LogP contribution in [0.3, 0.4) is 0 Å². The van der Waals surface area contributed by atoms with Crippen LogP contribution in [0.4, 0.5) is 0 Å². The van der Waals surface area contributed by atoms with Gasteiger partial charge < -0.3 is 14.2 Å². The topological polar surface area (TPSA) is 74.2 Å². The second-order valence-electron chi connectivity index (χ2n) is 8.92. The molecule has 2 aromatic carbocycles. The fourth-order valence-corrected chi connectivity index (χ4v) is 5.17. The molecule has 0 bridgehead atoms. The summed E-state index contributed by atoms with van der Waals surface area (Å²) in [6.07, 6.45) is 1.63. The highest BCUT2D eigenvalue weighted by Gasteiger charge is 2.45. The third kappa shape index (κ3) is 4.98. The van der Waals surface area contributed by atoms with Crippen LogP contribution in [0.25, 0.3) is 0 Å². The number of carbonyl (C=O) groups is 2. The van der Waals surface area contributed by atoms with Gasteiger partial charge in [0.05, 0.1) is 20.8 Å². The van der Waals surface area contributed by atoms with Crippen molar-refractivity contribution in [3.8, 4) is 11.5 Å². The maximum absolute atomic E-state index is 13.7. The quantitative estimate of drug-likeness (QED) is 0.448. The number of aliphatic imine (C=N–C) groups is 1. The summed E-state index contributed by atoms with van der Waals surface area (Å²) >= 11 is 6.07. The van der Waals surface area contributed by atoms with Gasteiger partial charge >= 0.3 is 5.97 Å². The zero-order valence-electron chi connectivity index (χ0n) is 20.5. The highest BCUT2D eigenvalue weighted by atomic mass is 35.5. The average Bonchev–Trinajstić information content (AvgIpc) is 2.86. The number of benzene rings is 2. The van der Waals surface area contributed by atoms with Crippen molar-refractivity contribution in [2.45, 2.75) is 44.9 Å². The summed E-state index contributed by atoms with van der Waals surface area (Å²) in [6, 6.07) is 13.0. The Balaban J connectivity index is 1.84. The molecule has 7 heteroatoms. The number of carbonyl (C=O) groups excluding carboxylic acids is 2. The van der Waals surface area contributed by atoms with E-state index in [1.807, 2.05) is 44.2 Å². The van der Waals surface area contributed by atoms with Crippen LogP contribution in [-0.2, 0) is 14.3 Å². The molecule has 3 atom stereocenters. The summed E-state index contributed by atoms with van der Waals surface area (Å²) in [4.78, 5) is 31.8. The molecule has 2 aliphatic rings. The minimum absolute atomic E-state index is 0.00786. The Hall–Kier alpha value is -3.12. The van der Waals surface area contributed by atoms with Crippen LogP contribution >= 0.6 is 11.6 Å². The number of hydrogen-bond acceptors (Lipinski definition) is 6. The summed E-state index contributed by atoms with van der Waals surface area (Å²) in [5, 5.41) is 0.654. The molecule has 0 N–H and O–H groups in total. The maximum Gasteiger partial charge on any atom is 0.315 e. The van der Waals surface area contributed by atoms with Gasteiger partial charge in [0.1, 0.15) is 17.4 Å². The van der Waals surface area contributed by atoms with Crippen LogP contribution in [-0.4, -0.2) is 38.3 Å². The molecule has 1 aliphatic carbocycles. The van der Waals surface area contributed by atoms with Crippen molar-refractivity contribution in [3.63, 3.8) is 0 Å². The minimum Gasteiger partial charge on any atom is -0.497 e. The van der Waals surface area contributed by atoms with Crippen molar-refractivity contribution in [1.29, 1.82) is 0 Å². The predicted molar refractivity (Wildman–Crippen MR) is 136 cm³/mol. The van der Waals surface area contributed by atoms with Crippen molar-refractivity contribution in [2.75, 3.05) is 20.8 Å². The molecule has 0 amide bonds. The molecule has 1 heterocycles. The summed E-state index contributed by atoms with van der Waals surface area (Å²) in [6.45, 7) is 4.08. The van der Waals surface area contributed by atoms with E-state index in [2.05, 4.69) is 0 Å². The Kier molecular flexibility index (Phi) is 7.60. The van der Waals surface area contributed by atoms with Crippen LogP contribution in [0.15, 0.2) is 58.7 Å². The Labute approximate surface area is 210 Å². The smallest absolute Gasteiger partial charge is 0.315 e. The van der Waals surface area contributed by atoms with E-state index in [1.165, 1.54) is 0 Å². The minimum atomic E-state index is -0.725. The van der Waals surface area contributed by atoms with Gasteiger partial charge in [0.2, 0.25) is 0 Å². The average molecular weight is 496 g/mol. The van der Waals surface area contributed by atoms with Crippen LogP contribution in [0, 0.1) is 5.92 Å². The number of esters is 1. The Morgan fingerprint density at radius 3 is 2.49 bits per heavy atom. The molecular formula is C28H30ClNO5. The number of hydrogen-bond donors (Lipinski definition) is 0. The molecule has 0 radical (unpaired) electrons. The number of ketones is 1. The number of nitrogens with zero attached hydrogens (tertiary/aromatic N) is 1. The lowest BCUT2D eigenvalue weighted by Gasteiger charge is -2.37. The van der Waals surface area contributed by atoms with E-state index in [4.69, 9.17) is 30.8 Å². The molecule has 1 aliphatic heterocycles. The van der Waals surface area contributed by atoms with E-state index in [0.717, 1.165) is 5.56 Å². The molecular weight excluding hydrogens is 466 g/mol. The molecule has 6 nitrogen and oxygen atoms in total. The van der Waals surface area contributed by atoms with Gasteiger partial charge in [0, 0.05) is 39.9 Å². The monoisotopic (exact) mass is 495 g/mol. The Morgan fingerprint density at radius 2 is 1.83 bits per heavy atom. The van der Waals surface area contributed by atoms with Crippen molar-refractivity contribution in [3.05, 3.63) is 69.9 Å². The van der Waals surface area contributed by atoms with Crippen molar-refractivity contribution in [1.82, 2.24) is 0 Å². The van der Waals surface area contributed by atoms with Crippen molar-refractivity contribution in [2.24, 2.45) is 10.9 Å². The molecule has 0 fully saturated rings. The van der Waals surface area contributed by atoms with Gasteiger partial charge in [-0.2, -0.15) is 0 Å². The molecule has 0 saturated carbocycles. The first-order chi connectivity index (χ1) is 16.9. The molecule has 0 spiro atoms. The maximum atomic E-state index is 13.7. The normalized spacial score (nSPS) is 21.8. The molecule has 35 heavy (non-hydrogen) atoms. The first-order valence-electron chi connectivity index (χ1n) is 11.8. The van der Waals surface area contributed by atoms with E-state index < -0.39 is 11.8 Å². The fraction of sp³-hybridized carbons (Fsp3) is 0.393. The zero-order chi connectivity index (χ0) is 25.1. The van der Waals surface area contributed by atoms with E-state index in [-0.39, 0.29) is 17.7 Å². The molecule has 184 valence electrons.